The normalized spacial score (nSPS) is 11.4. The quantitative estimate of drug-likeness (QED) is 0.514. The summed E-state index contributed by atoms with van der Waals surface area (Å²) in [7, 11) is 0. The van der Waals surface area contributed by atoms with E-state index in [9.17, 15) is 22.8 Å². The van der Waals surface area contributed by atoms with E-state index in [1.165, 1.54) is 29.0 Å². The maximum Gasteiger partial charge on any atom is 0.416 e. The van der Waals surface area contributed by atoms with Gasteiger partial charge in [-0.1, -0.05) is 55.8 Å². The Kier molecular flexibility index (Phi) is 7.51. The number of aryl methyl sites for hydroxylation is 1. The Morgan fingerprint density at radius 1 is 1.00 bits per heavy atom. The van der Waals surface area contributed by atoms with Crippen molar-refractivity contribution in [3.05, 3.63) is 93.9 Å². The zero-order valence-corrected chi connectivity index (χ0v) is 17.8. The molecule has 0 saturated heterocycles. The van der Waals surface area contributed by atoms with Crippen molar-refractivity contribution in [3.8, 4) is 11.1 Å². The summed E-state index contributed by atoms with van der Waals surface area (Å²) < 4.78 is 40.9. The van der Waals surface area contributed by atoms with E-state index in [0.717, 1.165) is 24.1 Å². The number of hydrogen-bond donors (Lipinski definition) is 1. The van der Waals surface area contributed by atoms with E-state index in [-0.39, 0.29) is 5.56 Å². The standard InChI is InChI=1S/C25H25F3N2O2/c1-2-3-14-30-17-20(19-10-7-11-21(15-19)25(26,27)28)16-22(24(30)32)23(31)29-13-12-18-8-5-4-6-9-18/h4-11,15-17H,2-3,12-14H2,1H3,(H,29,31). The van der Waals surface area contributed by atoms with E-state index in [1.807, 2.05) is 37.3 Å². The molecule has 3 aromatic rings. The van der Waals surface area contributed by atoms with Crippen LogP contribution < -0.4 is 10.9 Å². The lowest BCUT2D eigenvalue weighted by molar-refractivity contribution is -0.137. The molecule has 4 nitrogen and oxygen atoms in total. The van der Waals surface area contributed by atoms with E-state index in [1.54, 1.807) is 0 Å². The van der Waals surface area contributed by atoms with E-state index in [4.69, 9.17) is 0 Å². The maximum absolute atomic E-state index is 13.2. The highest BCUT2D eigenvalue weighted by molar-refractivity contribution is 5.95. The molecule has 2 aromatic carbocycles. The Bertz CT molecular complexity index is 1120. The zero-order chi connectivity index (χ0) is 23.1. The van der Waals surface area contributed by atoms with Gasteiger partial charge in [-0.05, 0) is 47.7 Å². The molecule has 32 heavy (non-hydrogen) atoms. The van der Waals surface area contributed by atoms with Crippen LogP contribution >= 0.6 is 0 Å². The van der Waals surface area contributed by atoms with E-state index in [2.05, 4.69) is 5.32 Å². The molecule has 168 valence electrons. The van der Waals surface area contributed by atoms with Crippen molar-refractivity contribution in [1.29, 1.82) is 0 Å². The number of amides is 1. The Hall–Kier alpha value is -3.35. The highest BCUT2D eigenvalue weighted by Gasteiger charge is 2.30. The molecule has 0 fully saturated rings. The minimum atomic E-state index is -4.48. The van der Waals surface area contributed by atoms with E-state index >= 15 is 0 Å². The van der Waals surface area contributed by atoms with Gasteiger partial charge in [0.1, 0.15) is 5.56 Å². The fourth-order valence-corrected chi connectivity index (χ4v) is 3.39. The molecule has 0 unspecified atom stereocenters. The largest absolute Gasteiger partial charge is 0.416 e. The number of rotatable bonds is 8. The molecule has 0 bridgehead atoms. The van der Waals surface area contributed by atoms with Crippen molar-refractivity contribution >= 4 is 5.91 Å². The van der Waals surface area contributed by atoms with Crippen LogP contribution in [0.25, 0.3) is 11.1 Å². The van der Waals surface area contributed by atoms with Gasteiger partial charge < -0.3 is 9.88 Å². The number of hydrogen-bond acceptors (Lipinski definition) is 2. The fourth-order valence-electron chi connectivity index (χ4n) is 3.39. The van der Waals surface area contributed by atoms with Crippen LogP contribution in [-0.4, -0.2) is 17.0 Å². The molecule has 1 N–H and O–H groups in total. The molecular formula is C25H25F3N2O2. The van der Waals surface area contributed by atoms with Gasteiger partial charge in [-0.2, -0.15) is 13.2 Å². The van der Waals surface area contributed by atoms with E-state index < -0.39 is 23.2 Å². The number of nitrogens with one attached hydrogen (secondary N) is 1. The Balaban J connectivity index is 1.91. The maximum atomic E-state index is 13.2. The topological polar surface area (TPSA) is 51.1 Å². The molecular weight excluding hydrogens is 417 g/mol. The monoisotopic (exact) mass is 442 g/mol. The van der Waals surface area contributed by atoms with Crippen LogP contribution in [0.2, 0.25) is 0 Å². The number of carbonyl (C=O) groups excluding carboxylic acids is 1. The molecule has 0 radical (unpaired) electrons. The average Bonchev–Trinajstić information content (AvgIpc) is 2.78. The predicted octanol–water partition coefficient (Wildman–Crippen LogP) is 5.31. The fraction of sp³-hybridized carbons (Fsp3) is 0.280. The minimum Gasteiger partial charge on any atom is -0.352 e. The van der Waals surface area contributed by atoms with Crippen molar-refractivity contribution in [2.45, 2.75) is 38.9 Å². The molecule has 3 rings (SSSR count). The third-order valence-electron chi connectivity index (χ3n) is 5.15. The molecule has 1 heterocycles. The van der Waals surface area contributed by atoms with Gasteiger partial charge in [-0.15, -0.1) is 0 Å². The second-order valence-electron chi connectivity index (χ2n) is 7.56. The summed E-state index contributed by atoms with van der Waals surface area (Å²) in [5.74, 6) is -0.537. The van der Waals surface area contributed by atoms with Crippen molar-refractivity contribution in [2.75, 3.05) is 6.54 Å². The minimum absolute atomic E-state index is 0.0796. The average molecular weight is 442 g/mol. The number of unbranched alkanes of at least 4 members (excludes halogenated alkanes) is 1. The Labute approximate surface area is 184 Å². The number of nitrogens with zero attached hydrogens (tertiary/aromatic N) is 1. The van der Waals surface area contributed by atoms with Crippen molar-refractivity contribution in [1.82, 2.24) is 9.88 Å². The first-order valence-corrected chi connectivity index (χ1v) is 10.5. The van der Waals surface area contributed by atoms with E-state index in [0.29, 0.717) is 37.1 Å². The molecule has 0 atom stereocenters. The second kappa shape index (κ2) is 10.3. The lowest BCUT2D eigenvalue weighted by Crippen LogP contribution is -2.34. The first-order valence-electron chi connectivity index (χ1n) is 10.5. The number of alkyl halides is 3. The van der Waals surface area contributed by atoms with Gasteiger partial charge in [-0.3, -0.25) is 9.59 Å². The first kappa shape index (κ1) is 23.3. The van der Waals surface area contributed by atoms with Crippen LogP contribution in [-0.2, 0) is 19.1 Å². The number of halogens is 3. The van der Waals surface area contributed by atoms with Crippen molar-refractivity contribution in [3.63, 3.8) is 0 Å². The first-order chi connectivity index (χ1) is 15.3. The SMILES string of the molecule is CCCCn1cc(-c2cccc(C(F)(F)F)c2)cc(C(=O)NCCc2ccccc2)c1=O. The molecule has 0 aliphatic rings. The van der Waals surface area contributed by atoms with Gasteiger partial charge in [0, 0.05) is 19.3 Å². The lowest BCUT2D eigenvalue weighted by atomic mass is 10.0. The van der Waals surface area contributed by atoms with Crippen LogP contribution in [0.3, 0.4) is 0 Å². The number of pyridine rings is 1. The smallest absolute Gasteiger partial charge is 0.352 e. The molecule has 7 heteroatoms. The molecule has 1 aromatic heterocycles. The van der Waals surface area contributed by atoms with Crippen LogP contribution in [0.1, 0.15) is 41.3 Å². The summed E-state index contributed by atoms with van der Waals surface area (Å²) in [6.07, 6.45) is -0.817. The van der Waals surface area contributed by atoms with Gasteiger partial charge >= 0.3 is 6.18 Å². The molecule has 0 aliphatic carbocycles. The number of benzene rings is 2. The lowest BCUT2D eigenvalue weighted by Gasteiger charge is -2.13. The van der Waals surface area contributed by atoms with Gasteiger partial charge in [0.25, 0.3) is 11.5 Å². The highest BCUT2D eigenvalue weighted by atomic mass is 19.4. The summed E-state index contributed by atoms with van der Waals surface area (Å²) in [5.41, 5.74) is 0.417. The number of aromatic nitrogens is 1. The van der Waals surface area contributed by atoms with Crippen LogP contribution in [0.15, 0.2) is 71.7 Å². The molecule has 0 spiro atoms. The summed E-state index contributed by atoms with van der Waals surface area (Å²) >= 11 is 0. The van der Waals surface area contributed by atoms with Gasteiger partial charge in [0.05, 0.1) is 5.56 Å². The predicted molar refractivity (Wildman–Crippen MR) is 119 cm³/mol. The van der Waals surface area contributed by atoms with Gasteiger partial charge in [0.2, 0.25) is 0 Å². The summed E-state index contributed by atoms with van der Waals surface area (Å²) in [6.45, 7) is 2.69. The molecule has 0 saturated carbocycles. The zero-order valence-electron chi connectivity index (χ0n) is 17.8. The van der Waals surface area contributed by atoms with Crippen LogP contribution in [0.4, 0.5) is 13.2 Å². The Morgan fingerprint density at radius 3 is 2.44 bits per heavy atom. The summed E-state index contributed by atoms with van der Waals surface area (Å²) in [4.78, 5) is 25.7. The third kappa shape index (κ3) is 5.87. The van der Waals surface area contributed by atoms with Crippen LogP contribution in [0.5, 0.6) is 0 Å². The second-order valence-corrected chi connectivity index (χ2v) is 7.56. The number of carbonyl (C=O) groups is 1. The summed E-state index contributed by atoms with van der Waals surface area (Å²) in [5, 5.41) is 2.75. The van der Waals surface area contributed by atoms with Gasteiger partial charge in [0.15, 0.2) is 0 Å². The van der Waals surface area contributed by atoms with Crippen LogP contribution in [0, 0.1) is 0 Å². The highest BCUT2D eigenvalue weighted by Crippen LogP contribution is 2.32. The molecule has 1 amide bonds. The Morgan fingerprint density at radius 2 is 1.75 bits per heavy atom. The third-order valence-corrected chi connectivity index (χ3v) is 5.15. The molecule has 0 aliphatic heterocycles. The van der Waals surface area contributed by atoms with Crippen molar-refractivity contribution < 1.29 is 18.0 Å². The summed E-state index contributed by atoms with van der Waals surface area (Å²) in [6, 6.07) is 15.9. The van der Waals surface area contributed by atoms with Gasteiger partial charge in [-0.25, -0.2) is 0 Å². The van der Waals surface area contributed by atoms with Crippen molar-refractivity contribution in [2.24, 2.45) is 0 Å².